The van der Waals surface area contributed by atoms with Gasteiger partial charge in [-0.1, -0.05) is 18.9 Å². The van der Waals surface area contributed by atoms with Crippen molar-refractivity contribution in [2.75, 3.05) is 0 Å². The first-order chi connectivity index (χ1) is 9.09. The summed E-state index contributed by atoms with van der Waals surface area (Å²) in [7, 11) is 0. The van der Waals surface area contributed by atoms with Crippen LogP contribution in [0.25, 0.3) is 0 Å². The zero-order valence-electron chi connectivity index (χ0n) is 10.8. The number of hydrogen-bond acceptors (Lipinski definition) is 3. The molecule has 5 heteroatoms. The molecule has 1 unspecified atom stereocenters. The Morgan fingerprint density at radius 3 is 2.53 bits per heavy atom. The summed E-state index contributed by atoms with van der Waals surface area (Å²) in [5.74, 6) is -1.65. The van der Waals surface area contributed by atoms with E-state index in [2.05, 4.69) is 4.98 Å². The highest BCUT2D eigenvalue weighted by molar-refractivity contribution is 5.68. The molecule has 0 aromatic carbocycles. The Morgan fingerprint density at radius 1 is 1.16 bits per heavy atom. The second kappa shape index (κ2) is 8.24. The summed E-state index contributed by atoms with van der Waals surface area (Å²) in [4.78, 5) is 25.3. The van der Waals surface area contributed by atoms with Crippen LogP contribution >= 0.6 is 0 Å². The van der Waals surface area contributed by atoms with Gasteiger partial charge in [-0.25, -0.2) is 0 Å². The Bertz CT molecular complexity index is 405. The van der Waals surface area contributed by atoms with E-state index in [4.69, 9.17) is 10.2 Å². The molecule has 0 aliphatic rings. The van der Waals surface area contributed by atoms with Crippen molar-refractivity contribution in [1.29, 1.82) is 0 Å². The van der Waals surface area contributed by atoms with Crippen LogP contribution in [0.15, 0.2) is 24.5 Å². The number of pyridine rings is 1. The zero-order chi connectivity index (χ0) is 14.1. The molecule has 0 bridgehead atoms. The smallest absolute Gasteiger partial charge is 0.303 e. The van der Waals surface area contributed by atoms with Crippen LogP contribution < -0.4 is 0 Å². The van der Waals surface area contributed by atoms with Crippen molar-refractivity contribution in [1.82, 2.24) is 4.98 Å². The van der Waals surface area contributed by atoms with Crippen LogP contribution in [0.2, 0.25) is 0 Å². The first-order valence-corrected chi connectivity index (χ1v) is 6.43. The largest absolute Gasteiger partial charge is 0.481 e. The van der Waals surface area contributed by atoms with Gasteiger partial charge in [-0.15, -0.1) is 0 Å². The lowest BCUT2D eigenvalue weighted by Crippen LogP contribution is -2.07. The number of hydrogen-bond donors (Lipinski definition) is 2. The van der Waals surface area contributed by atoms with Gasteiger partial charge in [0.2, 0.25) is 0 Å². The van der Waals surface area contributed by atoms with Crippen molar-refractivity contribution in [3.63, 3.8) is 0 Å². The van der Waals surface area contributed by atoms with E-state index in [9.17, 15) is 9.59 Å². The maximum Gasteiger partial charge on any atom is 0.303 e. The van der Waals surface area contributed by atoms with Gasteiger partial charge in [0.25, 0.3) is 0 Å². The Morgan fingerprint density at radius 2 is 1.95 bits per heavy atom. The van der Waals surface area contributed by atoms with Gasteiger partial charge < -0.3 is 10.2 Å². The van der Waals surface area contributed by atoms with Gasteiger partial charge in [-0.2, -0.15) is 0 Å². The number of nitrogens with zero attached hydrogens (tertiary/aromatic N) is 1. The third kappa shape index (κ3) is 6.55. The number of carboxylic acid groups (broad SMARTS) is 2. The highest BCUT2D eigenvalue weighted by Crippen LogP contribution is 2.25. The van der Waals surface area contributed by atoms with Crippen molar-refractivity contribution < 1.29 is 19.8 Å². The minimum Gasteiger partial charge on any atom is -0.481 e. The van der Waals surface area contributed by atoms with E-state index in [1.54, 1.807) is 18.5 Å². The minimum absolute atomic E-state index is 0.0453. The van der Waals surface area contributed by atoms with Crippen LogP contribution in [0.3, 0.4) is 0 Å². The lowest BCUT2D eigenvalue weighted by molar-refractivity contribution is -0.138. The zero-order valence-corrected chi connectivity index (χ0v) is 10.8. The molecule has 0 aliphatic heterocycles. The molecule has 2 N–H and O–H groups in total. The van der Waals surface area contributed by atoms with Gasteiger partial charge in [-0.05, 0) is 30.4 Å². The molecular formula is C14H19NO4. The molecule has 1 aromatic heterocycles. The Balaban J connectivity index is 2.43. The summed E-state index contributed by atoms with van der Waals surface area (Å²) in [5.41, 5.74) is 0.933. The minimum atomic E-state index is -0.820. The summed E-state index contributed by atoms with van der Waals surface area (Å²) in [5, 5.41) is 17.5. The monoisotopic (exact) mass is 265 g/mol. The quantitative estimate of drug-likeness (QED) is 0.670. The van der Waals surface area contributed by atoms with Crippen molar-refractivity contribution in [3.8, 4) is 0 Å². The van der Waals surface area contributed by atoms with Crippen molar-refractivity contribution in [3.05, 3.63) is 30.1 Å². The first kappa shape index (κ1) is 15.1. The molecule has 0 radical (unpaired) electrons. The predicted octanol–water partition coefficient (Wildman–Crippen LogP) is 2.68. The maximum absolute atomic E-state index is 10.9. The second-order valence-corrected chi connectivity index (χ2v) is 4.57. The van der Waals surface area contributed by atoms with Gasteiger partial charge in [0.05, 0.1) is 6.42 Å². The Kier molecular flexibility index (Phi) is 6.57. The van der Waals surface area contributed by atoms with E-state index in [1.165, 1.54) is 0 Å². The van der Waals surface area contributed by atoms with E-state index in [0.29, 0.717) is 6.42 Å². The molecule has 0 amide bonds. The molecule has 0 saturated carbocycles. The average Bonchev–Trinajstić information content (AvgIpc) is 2.37. The molecule has 0 aliphatic carbocycles. The molecule has 1 aromatic rings. The maximum atomic E-state index is 10.9. The first-order valence-electron chi connectivity index (χ1n) is 6.43. The van der Waals surface area contributed by atoms with E-state index in [-0.39, 0.29) is 18.8 Å². The average molecular weight is 265 g/mol. The van der Waals surface area contributed by atoms with Crippen LogP contribution in [0, 0.1) is 0 Å². The summed E-state index contributed by atoms with van der Waals surface area (Å²) in [6.07, 6.45) is 6.66. The molecule has 1 rings (SSSR count). The molecule has 0 spiro atoms. The molecule has 1 heterocycles. The molecular weight excluding hydrogens is 246 g/mol. The topological polar surface area (TPSA) is 87.5 Å². The van der Waals surface area contributed by atoms with E-state index >= 15 is 0 Å². The Hall–Kier alpha value is -1.91. The molecule has 19 heavy (non-hydrogen) atoms. The normalized spacial score (nSPS) is 12.0. The van der Waals surface area contributed by atoms with E-state index in [0.717, 1.165) is 24.8 Å². The van der Waals surface area contributed by atoms with Gasteiger partial charge in [0, 0.05) is 18.8 Å². The molecule has 0 saturated heterocycles. The fraction of sp³-hybridized carbons (Fsp3) is 0.500. The molecule has 5 nitrogen and oxygen atoms in total. The third-order valence-electron chi connectivity index (χ3n) is 3.02. The Labute approximate surface area is 112 Å². The SMILES string of the molecule is O=C(O)CCCCCC(CC(=O)O)c1cccnc1. The summed E-state index contributed by atoms with van der Waals surface area (Å²) >= 11 is 0. The molecule has 1 atom stereocenters. The molecule has 0 fully saturated rings. The van der Waals surface area contributed by atoms with Gasteiger partial charge >= 0.3 is 11.9 Å². The van der Waals surface area contributed by atoms with E-state index in [1.807, 2.05) is 6.07 Å². The number of carbonyl (C=O) groups is 2. The van der Waals surface area contributed by atoms with Gasteiger partial charge in [0.1, 0.15) is 0 Å². The summed E-state index contributed by atoms with van der Waals surface area (Å²) in [6.45, 7) is 0. The molecule has 104 valence electrons. The number of rotatable bonds is 9. The van der Waals surface area contributed by atoms with Crippen molar-refractivity contribution >= 4 is 11.9 Å². The lowest BCUT2D eigenvalue weighted by atomic mass is 9.91. The number of aliphatic carboxylic acids is 2. The lowest BCUT2D eigenvalue weighted by Gasteiger charge is -2.14. The van der Waals surface area contributed by atoms with Gasteiger partial charge in [0.15, 0.2) is 0 Å². The number of carboxylic acids is 2. The van der Waals surface area contributed by atoms with Crippen molar-refractivity contribution in [2.45, 2.75) is 44.4 Å². The summed E-state index contributed by atoms with van der Waals surface area (Å²) < 4.78 is 0. The summed E-state index contributed by atoms with van der Waals surface area (Å²) in [6, 6.07) is 3.69. The van der Waals surface area contributed by atoms with Crippen LogP contribution in [-0.2, 0) is 9.59 Å². The highest BCUT2D eigenvalue weighted by atomic mass is 16.4. The van der Waals surface area contributed by atoms with Crippen LogP contribution in [0.5, 0.6) is 0 Å². The van der Waals surface area contributed by atoms with Crippen molar-refractivity contribution in [2.24, 2.45) is 0 Å². The van der Waals surface area contributed by atoms with E-state index < -0.39 is 11.9 Å². The standard InChI is InChI=1S/C14H19NO4/c16-13(17)7-3-1-2-5-11(9-14(18)19)12-6-4-8-15-10-12/h4,6,8,10-11H,1-3,5,7,9H2,(H,16,17)(H,18,19). The number of aromatic nitrogens is 1. The predicted molar refractivity (Wildman–Crippen MR) is 70.0 cm³/mol. The fourth-order valence-electron chi connectivity index (χ4n) is 2.06. The van der Waals surface area contributed by atoms with Gasteiger partial charge in [-0.3, -0.25) is 14.6 Å². The van der Waals surface area contributed by atoms with Crippen LogP contribution in [0.1, 0.15) is 50.0 Å². The van der Waals surface area contributed by atoms with Crippen LogP contribution in [-0.4, -0.2) is 27.1 Å². The fourth-order valence-corrected chi connectivity index (χ4v) is 2.06. The highest BCUT2D eigenvalue weighted by Gasteiger charge is 2.15. The number of unbranched alkanes of at least 4 members (excludes halogenated alkanes) is 2. The second-order valence-electron chi connectivity index (χ2n) is 4.57. The van der Waals surface area contributed by atoms with Crippen LogP contribution in [0.4, 0.5) is 0 Å². The third-order valence-corrected chi connectivity index (χ3v) is 3.02.